The Hall–Kier alpha value is -0.565. The third kappa shape index (κ3) is 1.68. The van der Waals surface area contributed by atoms with Crippen LogP contribution in [-0.4, -0.2) is 28.1 Å². The Balaban J connectivity index is 4.04. The van der Waals surface area contributed by atoms with Gasteiger partial charge < -0.3 is 14.0 Å². The second-order valence-corrected chi connectivity index (χ2v) is 1.48. The van der Waals surface area contributed by atoms with Gasteiger partial charge >= 0.3 is 6.75 Å². The Bertz CT molecular complexity index is 109. The maximum atomic E-state index is 8.38. The Labute approximate surface area is 54.3 Å². The van der Waals surface area contributed by atoms with Crippen molar-refractivity contribution in [1.29, 1.82) is 5.26 Å². The van der Waals surface area contributed by atoms with E-state index in [1.54, 1.807) is 5.97 Å². The molecule has 0 N–H and O–H groups in total. The highest BCUT2D eigenvalue weighted by Crippen LogP contribution is 2.01. The first-order valence-electron chi connectivity index (χ1n) is 2.44. The summed E-state index contributed by atoms with van der Waals surface area (Å²) in [4.78, 5) is 0. The number of nitriles is 1. The summed E-state index contributed by atoms with van der Waals surface area (Å²) in [6, 6.07) is 0. The van der Waals surface area contributed by atoms with Crippen molar-refractivity contribution in [3.8, 4) is 5.97 Å². The highest BCUT2D eigenvalue weighted by Gasteiger charge is 2.24. The summed E-state index contributed by atoms with van der Waals surface area (Å²) in [5, 5.41) is 8.38. The third-order valence-corrected chi connectivity index (χ3v) is 1.09. The molecular weight excluding hydrogens is 121 g/mol. The zero-order valence-electron chi connectivity index (χ0n) is 5.75. The molecule has 0 fully saturated rings. The van der Waals surface area contributed by atoms with Crippen LogP contribution in [0, 0.1) is 11.2 Å². The lowest BCUT2D eigenvalue weighted by atomic mass is 9.82. The standard InChI is InChI=1S/C4H9BNO3/c1-7-5(4-6,8-2)9-3/h1-3H3/q-1. The number of rotatable bonds is 3. The summed E-state index contributed by atoms with van der Waals surface area (Å²) in [7, 11) is 4.07. The van der Waals surface area contributed by atoms with Gasteiger partial charge in [-0.2, -0.15) is 0 Å². The van der Waals surface area contributed by atoms with Crippen molar-refractivity contribution in [2.75, 3.05) is 21.3 Å². The quantitative estimate of drug-likeness (QED) is 0.501. The highest BCUT2D eigenvalue weighted by molar-refractivity contribution is 6.68. The van der Waals surface area contributed by atoms with Crippen molar-refractivity contribution in [1.82, 2.24) is 0 Å². The molecule has 0 heterocycles. The summed E-state index contributed by atoms with van der Waals surface area (Å²) in [5.41, 5.74) is 0. The fraction of sp³-hybridized carbons (Fsp3) is 0.750. The van der Waals surface area contributed by atoms with Crippen molar-refractivity contribution < 1.29 is 14.0 Å². The molecule has 0 saturated carbocycles. The summed E-state index contributed by atoms with van der Waals surface area (Å²) >= 11 is 0. The van der Waals surface area contributed by atoms with E-state index in [1.165, 1.54) is 21.3 Å². The highest BCUT2D eigenvalue weighted by atomic mass is 16.7. The first-order chi connectivity index (χ1) is 4.24. The molecule has 4 nitrogen and oxygen atoms in total. The van der Waals surface area contributed by atoms with E-state index < -0.39 is 6.75 Å². The predicted octanol–water partition coefficient (Wildman–Crippen LogP) is -0.0727. The zero-order chi connectivity index (χ0) is 7.33. The van der Waals surface area contributed by atoms with Crippen LogP contribution in [-0.2, 0) is 14.0 Å². The van der Waals surface area contributed by atoms with E-state index in [-0.39, 0.29) is 0 Å². The van der Waals surface area contributed by atoms with Crippen LogP contribution in [0.5, 0.6) is 0 Å². The zero-order valence-corrected chi connectivity index (χ0v) is 5.75. The summed E-state index contributed by atoms with van der Waals surface area (Å²) in [5.74, 6) is 1.76. The molecule has 0 aliphatic carbocycles. The average molecular weight is 130 g/mol. The summed E-state index contributed by atoms with van der Waals surface area (Å²) in [6.45, 7) is -2.14. The topological polar surface area (TPSA) is 51.5 Å². The maximum absolute atomic E-state index is 8.38. The monoisotopic (exact) mass is 130 g/mol. The van der Waals surface area contributed by atoms with Crippen LogP contribution in [0.1, 0.15) is 0 Å². The van der Waals surface area contributed by atoms with Crippen LogP contribution in [0.3, 0.4) is 0 Å². The lowest BCUT2D eigenvalue weighted by molar-refractivity contribution is 0.141. The second-order valence-electron chi connectivity index (χ2n) is 1.48. The van der Waals surface area contributed by atoms with Gasteiger partial charge in [0.15, 0.2) is 0 Å². The normalized spacial score (nSPS) is 10.9. The number of nitrogens with zero attached hydrogens (tertiary/aromatic N) is 1. The molecule has 0 rings (SSSR count). The molecule has 0 spiro atoms. The lowest BCUT2D eigenvalue weighted by Crippen LogP contribution is -2.41. The average Bonchev–Trinajstić information content (AvgIpc) is 1.95. The van der Waals surface area contributed by atoms with Crippen molar-refractivity contribution in [3.05, 3.63) is 0 Å². The molecule has 52 valence electrons. The molecule has 0 aliphatic heterocycles. The van der Waals surface area contributed by atoms with Crippen LogP contribution in [0.15, 0.2) is 0 Å². The van der Waals surface area contributed by atoms with Crippen molar-refractivity contribution in [2.45, 2.75) is 0 Å². The van der Waals surface area contributed by atoms with Gasteiger partial charge in [0.25, 0.3) is 0 Å². The molecule has 0 bridgehead atoms. The van der Waals surface area contributed by atoms with Gasteiger partial charge in [-0.1, -0.05) is 0 Å². The molecule has 0 unspecified atom stereocenters. The van der Waals surface area contributed by atoms with Gasteiger partial charge in [-0.3, -0.25) is 0 Å². The van der Waals surface area contributed by atoms with E-state index >= 15 is 0 Å². The lowest BCUT2D eigenvalue weighted by Gasteiger charge is -2.28. The molecule has 0 radical (unpaired) electrons. The minimum atomic E-state index is -2.14. The van der Waals surface area contributed by atoms with Crippen LogP contribution in [0.4, 0.5) is 0 Å². The van der Waals surface area contributed by atoms with Gasteiger partial charge in [0.1, 0.15) is 0 Å². The molecule has 5 heteroatoms. The van der Waals surface area contributed by atoms with E-state index in [0.29, 0.717) is 0 Å². The Morgan fingerprint density at radius 2 is 1.44 bits per heavy atom. The van der Waals surface area contributed by atoms with Gasteiger partial charge in [0.2, 0.25) is 0 Å². The van der Waals surface area contributed by atoms with Crippen molar-refractivity contribution in [2.24, 2.45) is 0 Å². The third-order valence-electron chi connectivity index (χ3n) is 1.09. The van der Waals surface area contributed by atoms with Crippen LogP contribution in [0.2, 0.25) is 0 Å². The van der Waals surface area contributed by atoms with E-state index in [9.17, 15) is 0 Å². The molecule has 0 aromatic rings. The molecule has 9 heavy (non-hydrogen) atoms. The largest absolute Gasteiger partial charge is 0.535 e. The van der Waals surface area contributed by atoms with Gasteiger partial charge in [-0.25, -0.2) is 5.26 Å². The van der Waals surface area contributed by atoms with Crippen LogP contribution in [0.25, 0.3) is 0 Å². The molecule has 0 aromatic carbocycles. The van der Waals surface area contributed by atoms with Gasteiger partial charge in [0, 0.05) is 0 Å². The first kappa shape index (κ1) is 8.43. The minimum Gasteiger partial charge on any atom is -0.535 e. The van der Waals surface area contributed by atoms with Crippen molar-refractivity contribution >= 4 is 6.75 Å². The molecular formula is C4H9BNO3-. The fourth-order valence-electron chi connectivity index (χ4n) is 0.447. The Morgan fingerprint density at radius 3 is 1.44 bits per heavy atom. The Morgan fingerprint density at radius 1 is 1.11 bits per heavy atom. The van der Waals surface area contributed by atoms with E-state index in [4.69, 9.17) is 5.26 Å². The fourth-order valence-corrected chi connectivity index (χ4v) is 0.447. The summed E-state index contributed by atoms with van der Waals surface area (Å²) in [6.07, 6.45) is 0. The summed E-state index contributed by atoms with van der Waals surface area (Å²) < 4.78 is 13.9. The van der Waals surface area contributed by atoms with Crippen LogP contribution >= 0.6 is 0 Å². The first-order valence-corrected chi connectivity index (χ1v) is 2.44. The molecule has 0 aliphatic rings. The predicted molar refractivity (Wildman–Crippen MR) is 32.4 cm³/mol. The van der Waals surface area contributed by atoms with Gasteiger partial charge in [-0.05, 0) is 27.3 Å². The van der Waals surface area contributed by atoms with Gasteiger partial charge in [0.05, 0.1) is 0 Å². The van der Waals surface area contributed by atoms with Gasteiger partial charge in [-0.15, -0.1) is 0 Å². The number of hydrogen-bond acceptors (Lipinski definition) is 4. The Kier molecular flexibility index (Phi) is 3.24. The van der Waals surface area contributed by atoms with E-state index in [0.717, 1.165) is 0 Å². The SMILES string of the molecule is CO[B-](C#N)(OC)OC. The molecule has 0 amide bonds. The number of hydrogen-bond donors (Lipinski definition) is 0. The maximum Gasteiger partial charge on any atom is 0.482 e. The van der Waals surface area contributed by atoms with E-state index in [1.807, 2.05) is 0 Å². The van der Waals surface area contributed by atoms with Crippen LogP contribution < -0.4 is 0 Å². The minimum absolute atomic E-state index is 1.36. The van der Waals surface area contributed by atoms with Crippen molar-refractivity contribution in [3.63, 3.8) is 0 Å². The molecule has 0 saturated heterocycles. The molecule has 0 aromatic heterocycles. The van der Waals surface area contributed by atoms with E-state index in [2.05, 4.69) is 14.0 Å². The molecule has 0 atom stereocenters. The second kappa shape index (κ2) is 3.46. The smallest absolute Gasteiger partial charge is 0.482 e.